The van der Waals surface area contributed by atoms with E-state index in [2.05, 4.69) is 13.5 Å². The first-order valence-electron chi connectivity index (χ1n) is 14.8. The molecule has 0 unspecified atom stereocenters. The quantitative estimate of drug-likeness (QED) is 0.109. The van der Waals surface area contributed by atoms with Crippen LogP contribution >= 0.6 is 0 Å². The first kappa shape index (κ1) is 31.0. The van der Waals surface area contributed by atoms with Gasteiger partial charge < -0.3 is 9.47 Å². The highest BCUT2D eigenvalue weighted by Crippen LogP contribution is 2.34. The van der Waals surface area contributed by atoms with E-state index in [9.17, 15) is 4.39 Å². The summed E-state index contributed by atoms with van der Waals surface area (Å²) < 4.78 is 71.4. The van der Waals surface area contributed by atoms with Crippen molar-refractivity contribution in [3.63, 3.8) is 0 Å². The third-order valence-electron chi connectivity index (χ3n) is 7.84. The van der Waals surface area contributed by atoms with Gasteiger partial charge in [0.1, 0.15) is 0 Å². The summed E-state index contributed by atoms with van der Waals surface area (Å²) in [7, 11) is 0. The SMILES string of the molecule is C=CCCC1OCC(c2ccc(-c3ccc(-c4ccc(CCCCCCCCC)c(F)c4F)cc3)c(F)c2F)CO1. The van der Waals surface area contributed by atoms with E-state index in [0.717, 1.165) is 25.7 Å². The van der Waals surface area contributed by atoms with Gasteiger partial charge in [0.05, 0.1) is 13.2 Å². The van der Waals surface area contributed by atoms with E-state index in [4.69, 9.17) is 9.47 Å². The Morgan fingerprint density at radius 1 is 0.707 bits per heavy atom. The van der Waals surface area contributed by atoms with Crippen molar-refractivity contribution < 1.29 is 27.0 Å². The second-order valence-electron chi connectivity index (χ2n) is 10.8. The summed E-state index contributed by atoms with van der Waals surface area (Å²) in [6.07, 6.45) is 11.1. The van der Waals surface area contributed by atoms with Crippen molar-refractivity contribution in [2.45, 2.75) is 83.3 Å². The highest BCUT2D eigenvalue weighted by molar-refractivity contribution is 5.71. The van der Waals surface area contributed by atoms with E-state index < -0.39 is 29.2 Å². The van der Waals surface area contributed by atoms with E-state index >= 15 is 13.2 Å². The van der Waals surface area contributed by atoms with Crippen molar-refractivity contribution in [1.82, 2.24) is 0 Å². The lowest BCUT2D eigenvalue weighted by Gasteiger charge is -2.30. The Labute approximate surface area is 241 Å². The summed E-state index contributed by atoms with van der Waals surface area (Å²) in [5.41, 5.74) is 1.73. The average Bonchev–Trinajstić information content (AvgIpc) is 2.99. The number of rotatable bonds is 14. The van der Waals surface area contributed by atoms with E-state index in [1.807, 2.05) is 0 Å². The van der Waals surface area contributed by atoms with Gasteiger partial charge in [0, 0.05) is 23.5 Å². The summed E-state index contributed by atoms with van der Waals surface area (Å²) in [5.74, 6) is -4.01. The zero-order chi connectivity index (χ0) is 29.2. The van der Waals surface area contributed by atoms with E-state index in [0.29, 0.717) is 29.5 Å². The van der Waals surface area contributed by atoms with Gasteiger partial charge in [-0.05, 0) is 41.5 Å². The zero-order valence-electron chi connectivity index (χ0n) is 23.9. The van der Waals surface area contributed by atoms with E-state index in [1.165, 1.54) is 31.7 Å². The van der Waals surface area contributed by atoms with Crippen LogP contribution in [0, 0.1) is 23.3 Å². The van der Waals surface area contributed by atoms with Crippen LogP contribution < -0.4 is 0 Å². The molecule has 0 spiro atoms. The lowest BCUT2D eigenvalue weighted by molar-refractivity contribution is -0.189. The largest absolute Gasteiger partial charge is 0.352 e. The van der Waals surface area contributed by atoms with Crippen LogP contribution in [0.5, 0.6) is 0 Å². The van der Waals surface area contributed by atoms with Crippen molar-refractivity contribution in [3.8, 4) is 22.3 Å². The van der Waals surface area contributed by atoms with Crippen LogP contribution in [0.3, 0.4) is 0 Å². The van der Waals surface area contributed by atoms with Gasteiger partial charge in [-0.3, -0.25) is 0 Å². The van der Waals surface area contributed by atoms with Gasteiger partial charge >= 0.3 is 0 Å². The van der Waals surface area contributed by atoms with Crippen molar-refractivity contribution in [3.05, 3.63) is 95.6 Å². The molecule has 0 radical (unpaired) electrons. The van der Waals surface area contributed by atoms with Gasteiger partial charge in [-0.15, -0.1) is 6.58 Å². The number of aryl methyl sites for hydroxylation is 1. The summed E-state index contributed by atoms with van der Waals surface area (Å²) in [6.45, 7) is 6.34. The summed E-state index contributed by atoms with van der Waals surface area (Å²) >= 11 is 0. The maximum absolute atomic E-state index is 15.2. The van der Waals surface area contributed by atoms with Gasteiger partial charge in [-0.1, -0.05) is 100 Å². The number of hydrogen-bond acceptors (Lipinski definition) is 2. The Morgan fingerprint density at radius 2 is 1.27 bits per heavy atom. The second-order valence-corrected chi connectivity index (χ2v) is 10.8. The normalized spacial score (nSPS) is 17.1. The molecule has 0 atom stereocenters. The fraction of sp³-hybridized carbons (Fsp3) is 0.429. The second kappa shape index (κ2) is 15.3. The molecular weight excluding hydrogens is 528 g/mol. The number of unbranched alkanes of at least 4 members (excludes halogenated alkanes) is 6. The Morgan fingerprint density at radius 3 is 1.88 bits per heavy atom. The minimum Gasteiger partial charge on any atom is -0.352 e. The third-order valence-corrected chi connectivity index (χ3v) is 7.84. The summed E-state index contributed by atoms with van der Waals surface area (Å²) in [4.78, 5) is 0. The first-order valence-corrected chi connectivity index (χ1v) is 14.8. The fourth-order valence-electron chi connectivity index (χ4n) is 5.35. The monoisotopic (exact) mass is 568 g/mol. The number of ether oxygens (including phenoxy) is 2. The predicted octanol–water partition coefficient (Wildman–Crippen LogP) is 10.3. The predicted molar refractivity (Wildman–Crippen MR) is 157 cm³/mol. The molecular formula is C35H40F4O2. The van der Waals surface area contributed by atoms with Gasteiger partial charge in [-0.25, -0.2) is 17.6 Å². The standard InChI is InChI=1S/C35H40F4O2/c1-3-5-7-8-9-10-11-12-26-18-19-28(33(37)32(26)36)24-14-16-25(17-15-24)29-20-21-30(35(39)34(29)38)27-22-40-31(41-23-27)13-6-4-2/h4,14-21,27,31H,2-3,5-13,22-23H2,1H3. The lowest BCUT2D eigenvalue weighted by atomic mass is 9.94. The number of halogens is 4. The van der Waals surface area contributed by atoms with Gasteiger partial charge in [0.15, 0.2) is 29.6 Å². The Kier molecular flexibility index (Phi) is 11.6. The van der Waals surface area contributed by atoms with Crippen LogP contribution in [0.15, 0.2) is 61.2 Å². The number of allylic oxidation sites excluding steroid dienone is 1. The number of benzene rings is 3. The molecule has 0 N–H and O–H groups in total. The maximum Gasteiger partial charge on any atom is 0.166 e. The molecule has 3 aromatic rings. The molecule has 2 nitrogen and oxygen atoms in total. The molecule has 3 aromatic carbocycles. The highest BCUT2D eigenvalue weighted by Gasteiger charge is 2.27. The minimum atomic E-state index is -0.962. The number of hydrogen-bond donors (Lipinski definition) is 0. The first-order chi connectivity index (χ1) is 19.9. The van der Waals surface area contributed by atoms with Crippen LogP contribution in [0.25, 0.3) is 22.3 Å². The maximum atomic E-state index is 15.2. The molecule has 6 heteroatoms. The smallest absolute Gasteiger partial charge is 0.166 e. The molecule has 1 heterocycles. The lowest BCUT2D eigenvalue weighted by Crippen LogP contribution is -2.31. The van der Waals surface area contributed by atoms with Crippen molar-refractivity contribution in [2.75, 3.05) is 13.2 Å². The van der Waals surface area contributed by atoms with E-state index in [-0.39, 0.29) is 36.2 Å². The van der Waals surface area contributed by atoms with Crippen LogP contribution in [-0.2, 0) is 15.9 Å². The van der Waals surface area contributed by atoms with Gasteiger partial charge in [0.2, 0.25) is 0 Å². The molecule has 0 aliphatic carbocycles. The Balaban J connectivity index is 1.40. The van der Waals surface area contributed by atoms with Crippen molar-refractivity contribution >= 4 is 0 Å². The molecule has 0 bridgehead atoms. The minimum absolute atomic E-state index is 0.0935. The van der Waals surface area contributed by atoms with Crippen LogP contribution in [0.2, 0.25) is 0 Å². The topological polar surface area (TPSA) is 18.5 Å². The summed E-state index contributed by atoms with van der Waals surface area (Å²) in [6, 6.07) is 12.7. The van der Waals surface area contributed by atoms with Crippen LogP contribution in [-0.4, -0.2) is 19.5 Å². The van der Waals surface area contributed by atoms with Crippen molar-refractivity contribution in [2.24, 2.45) is 0 Å². The molecule has 4 rings (SSSR count). The van der Waals surface area contributed by atoms with E-state index in [1.54, 1.807) is 48.5 Å². The zero-order valence-corrected chi connectivity index (χ0v) is 23.9. The third kappa shape index (κ3) is 7.87. The van der Waals surface area contributed by atoms with Crippen LogP contribution in [0.4, 0.5) is 17.6 Å². The summed E-state index contributed by atoms with van der Waals surface area (Å²) in [5, 5.41) is 0. The van der Waals surface area contributed by atoms with Crippen LogP contribution in [0.1, 0.15) is 81.8 Å². The van der Waals surface area contributed by atoms with Gasteiger partial charge in [0.25, 0.3) is 0 Å². The van der Waals surface area contributed by atoms with Gasteiger partial charge in [-0.2, -0.15) is 0 Å². The molecule has 1 aliphatic rings. The molecule has 41 heavy (non-hydrogen) atoms. The average molecular weight is 569 g/mol. The Hall–Kier alpha value is -2.96. The molecule has 0 amide bonds. The molecule has 1 aliphatic heterocycles. The molecule has 1 saturated heterocycles. The fourth-order valence-corrected chi connectivity index (χ4v) is 5.35. The molecule has 0 saturated carbocycles. The molecule has 220 valence electrons. The van der Waals surface area contributed by atoms with Crippen molar-refractivity contribution in [1.29, 1.82) is 0 Å². The molecule has 0 aromatic heterocycles. The highest BCUT2D eigenvalue weighted by atomic mass is 19.2. The molecule has 1 fully saturated rings. The Bertz CT molecular complexity index is 1280.